The van der Waals surface area contributed by atoms with E-state index in [0.29, 0.717) is 23.0 Å². The summed E-state index contributed by atoms with van der Waals surface area (Å²) in [6.45, 7) is 3.17. The average molecular weight is 394 g/mol. The largest absolute Gasteiger partial charge is 0.451 e. The normalized spacial score (nSPS) is 11.6. The van der Waals surface area contributed by atoms with E-state index in [0.717, 1.165) is 6.54 Å². The molecule has 8 heteroatoms. The molecule has 0 bridgehead atoms. The fourth-order valence-electron chi connectivity index (χ4n) is 1.66. The summed E-state index contributed by atoms with van der Waals surface area (Å²) in [5.41, 5.74) is 0.320. The van der Waals surface area contributed by atoms with Crippen molar-refractivity contribution in [2.45, 2.75) is 18.4 Å². The zero-order valence-corrected chi connectivity index (χ0v) is 14.3. The molecule has 0 saturated carbocycles. The first-order valence-electron chi connectivity index (χ1n) is 6.20. The van der Waals surface area contributed by atoms with Crippen LogP contribution in [0.4, 0.5) is 5.69 Å². The van der Waals surface area contributed by atoms with Gasteiger partial charge in [0.25, 0.3) is 10.0 Å². The molecule has 21 heavy (non-hydrogen) atoms. The summed E-state index contributed by atoms with van der Waals surface area (Å²) < 4.78 is 32.7. The summed E-state index contributed by atoms with van der Waals surface area (Å²) in [6, 6.07) is 8.10. The highest BCUT2D eigenvalue weighted by Gasteiger charge is 2.23. The van der Waals surface area contributed by atoms with Crippen molar-refractivity contribution in [2.24, 2.45) is 0 Å². The molecule has 0 atom stereocenters. The minimum atomic E-state index is -3.77. The lowest BCUT2D eigenvalue weighted by atomic mass is 10.3. The molecule has 2 N–H and O–H groups in total. The number of hydrogen-bond donors (Lipinski definition) is 2. The van der Waals surface area contributed by atoms with Gasteiger partial charge in [-0.25, -0.2) is 8.42 Å². The van der Waals surface area contributed by atoms with Crippen molar-refractivity contribution >= 4 is 43.2 Å². The smallest absolute Gasteiger partial charge is 0.266 e. The molecule has 0 unspecified atom stereocenters. The third-order valence-corrected chi connectivity index (χ3v) is 5.22. The number of hydrogen-bond acceptors (Lipinski definition) is 4. The summed E-state index contributed by atoms with van der Waals surface area (Å²) in [5.74, 6) is 0.531. The topological polar surface area (TPSA) is 71.3 Å². The van der Waals surface area contributed by atoms with Gasteiger partial charge < -0.3 is 9.73 Å². The number of anilines is 1. The van der Waals surface area contributed by atoms with Crippen molar-refractivity contribution < 1.29 is 12.8 Å². The highest BCUT2D eigenvalue weighted by atomic mass is 79.9. The maximum Gasteiger partial charge on any atom is 0.266 e. The van der Waals surface area contributed by atoms with Crippen LogP contribution in [0.2, 0.25) is 5.02 Å². The lowest BCUT2D eigenvalue weighted by molar-refractivity contribution is 0.464. The van der Waals surface area contributed by atoms with Crippen molar-refractivity contribution in [3.63, 3.8) is 0 Å². The third kappa shape index (κ3) is 4.00. The van der Waals surface area contributed by atoms with Crippen LogP contribution in [0.5, 0.6) is 0 Å². The minimum Gasteiger partial charge on any atom is -0.451 e. The van der Waals surface area contributed by atoms with Crippen LogP contribution in [0.1, 0.15) is 12.7 Å². The van der Waals surface area contributed by atoms with E-state index in [9.17, 15) is 8.42 Å². The Labute approximate surface area is 136 Å². The number of benzene rings is 1. The number of halogens is 2. The molecule has 2 aromatic rings. The van der Waals surface area contributed by atoms with Crippen LogP contribution in [0, 0.1) is 0 Å². The fraction of sp³-hybridized carbons (Fsp3) is 0.231. The lowest BCUT2D eigenvalue weighted by Gasteiger charge is -2.07. The maximum absolute atomic E-state index is 12.4. The molecule has 0 saturated heterocycles. The van der Waals surface area contributed by atoms with Gasteiger partial charge in [0.2, 0.25) is 0 Å². The first-order chi connectivity index (χ1) is 9.94. The van der Waals surface area contributed by atoms with E-state index in [1.807, 2.05) is 6.92 Å². The predicted molar refractivity (Wildman–Crippen MR) is 86.0 cm³/mol. The van der Waals surface area contributed by atoms with Gasteiger partial charge in [0, 0.05) is 6.07 Å². The highest BCUT2D eigenvalue weighted by molar-refractivity contribution is 9.10. The molecule has 1 aromatic carbocycles. The average Bonchev–Trinajstić information content (AvgIpc) is 2.81. The monoisotopic (exact) mass is 392 g/mol. The molecule has 0 fully saturated rings. The van der Waals surface area contributed by atoms with Gasteiger partial charge >= 0.3 is 0 Å². The first-order valence-corrected chi connectivity index (χ1v) is 8.85. The van der Waals surface area contributed by atoms with Crippen LogP contribution in [0.15, 0.2) is 44.3 Å². The van der Waals surface area contributed by atoms with E-state index in [4.69, 9.17) is 16.0 Å². The molecule has 0 radical (unpaired) electrons. The molecule has 0 aliphatic rings. The zero-order valence-electron chi connectivity index (χ0n) is 11.2. The van der Waals surface area contributed by atoms with Crippen LogP contribution in [0.25, 0.3) is 0 Å². The van der Waals surface area contributed by atoms with Crippen molar-refractivity contribution in [3.8, 4) is 0 Å². The summed E-state index contributed by atoms with van der Waals surface area (Å²) in [6.07, 6.45) is 0. The standard InChI is InChI=1S/C13H14BrClN2O3S/c1-2-16-8-9-7-12(13(14)20-9)21(18,19)17-11-6-4-3-5-10(11)15/h3-7,16-17H,2,8H2,1H3. The molecular formula is C13H14BrClN2O3S. The summed E-state index contributed by atoms with van der Waals surface area (Å²) >= 11 is 9.09. The third-order valence-electron chi connectivity index (χ3n) is 2.66. The predicted octanol–water partition coefficient (Wildman–Crippen LogP) is 3.61. The number of nitrogens with one attached hydrogen (secondary N) is 2. The van der Waals surface area contributed by atoms with Crippen molar-refractivity contribution in [2.75, 3.05) is 11.3 Å². The molecule has 1 heterocycles. The SMILES string of the molecule is CCNCc1cc(S(=O)(=O)Nc2ccccc2Cl)c(Br)o1. The second-order valence-corrected chi connectivity index (χ2v) is 6.99. The summed E-state index contributed by atoms with van der Waals surface area (Å²) in [5, 5.41) is 3.39. The first kappa shape index (κ1) is 16.4. The Morgan fingerprint density at radius 1 is 1.33 bits per heavy atom. The van der Waals surface area contributed by atoms with E-state index >= 15 is 0 Å². The Morgan fingerprint density at radius 2 is 2.05 bits per heavy atom. The van der Waals surface area contributed by atoms with Gasteiger partial charge in [0.1, 0.15) is 10.7 Å². The lowest BCUT2D eigenvalue weighted by Crippen LogP contribution is -2.13. The van der Waals surface area contributed by atoms with Crippen LogP contribution in [0.3, 0.4) is 0 Å². The van der Waals surface area contributed by atoms with Crippen LogP contribution in [-0.2, 0) is 16.6 Å². The molecule has 0 aliphatic heterocycles. The van der Waals surface area contributed by atoms with Gasteiger partial charge in [0.15, 0.2) is 4.67 Å². The van der Waals surface area contributed by atoms with Gasteiger partial charge in [0.05, 0.1) is 17.3 Å². The zero-order chi connectivity index (χ0) is 15.5. The highest BCUT2D eigenvalue weighted by Crippen LogP contribution is 2.29. The number of rotatable bonds is 6. The second kappa shape index (κ2) is 6.83. The van der Waals surface area contributed by atoms with Gasteiger partial charge in [-0.2, -0.15) is 0 Å². The van der Waals surface area contributed by atoms with Gasteiger partial charge in [-0.15, -0.1) is 0 Å². The molecule has 5 nitrogen and oxygen atoms in total. The van der Waals surface area contributed by atoms with E-state index in [1.165, 1.54) is 6.07 Å². The number of sulfonamides is 1. The van der Waals surface area contributed by atoms with Crippen molar-refractivity contribution in [3.05, 3.63) is 45.8 Å². The number of para-hydroxylation sites is 1. The Hall–Kier alpha value is -1.02. The van der Waals surface area contributed by atoms with E-state index in [2.05, 4.69) is 26.0 Å². The van der Waals surface area contributed by atoms with Crippen LogP contribution < -0.4 is 10.0 Å². The van der Waals surface area contributed by atoms with Gasteiger partial charge in [-0.3, -0.25) is 4.72 Å². The fourth-order valence-corrected chi connectivity index (χ4v) is 3.98. The molecule has 0 spiro atoms. The van der Waals surface area contributed by atoms with Crippen LogP contribution in [-0.4, -0.2) is 15.0 Å². The number of furan rings is 1. The maximum atomic E-state index is 12.4. The Kier molecular flexibility index (Phi) is 5.32. The van der Waals surface area contributed by atoms with Gasteiger partial charge in [-0.05, 0) is 34.6 Å². The molecule has 114 valence electrons. The van der Waals surface area contributed by atoms with E-state index in [-0.39, 0.29) is 9.56 Å². The molecule has 1 aromatic heterocycles. The van der Waals surface area contributed by atoms with E-state index in [1.54, 1.807) is 24.3 Å². The Bertz CT molecular complexity index is 731. The van der Waals surface area contributed by atoms with Crippen molar-refractivity contribution in [1.29, 1.82) is 0 Å². The van der Waals surface area contributed by atoms with Crippen LogP contribution >= 0.6 is 27.5 Å². The Morgan fingerprint density at radius 3 is 2.71 bits per heavy atom. The molecular weight excluding hydrogens is 380 g/mol. The minimum absolute atomic E-state index is 0.0373. The quantitative estimate of drug-likeness (QED) is 0.786. The van der Waals surface area contributed by atoms with Crippen molar-refractivity contribution in [1.82, 2.24) is 5.32 Å². The molecule has 2 rings (SSSR count). The molecule has 0 amide bonds. The summed E-state index contributed by atoms with van der Waals surface area (Å²) in [7, 11) is -3.77. The summed E-state index contributed by atoms with van der Waals surface area (Å²) in [4.78, 5) is 0.0373. The second-order valence-electron chi connectivity index (χ2n) is 4.22. The van der Waals surface area contributed by atoms with Gasteiger partial charge in [-0.1, -0.05) is 30.7 Å². The Balaban J connectivity index is 2.27. The van der Waals surface area contributed by atoms with E-state index < -0.39 is 10.0 Å². The molecule has 0 aliphatic carbocycles.